The van der Waals surface area contributed by atoms with Crippen LogP contribution < -0.4 is 14.8 Å². The lowest BCUT2D eigenvalue weighted by Gasteiger charge is -2.17. The molecule has 1 aromatic rings. The highest BCUT2D eigenvalue weighted by molar-refractivity contribution is 6.32. The van der Waals surface area contributed by atoms with Crippen LogP contribution in [0.15, 0.2) is 18.2 Å². The van der Waals surface area contributed by atoms with Gasteiger partial charge in [0, 0.05) is 19.2 Å². The monoisotopic (exact) mass is 340 g/mol. The average Bonchev–Trinajstić information content (AvgIpc) is 2.56. The lowest BCUT2D eigenvalue weighted by Crippen LogP contribution is -2.34. The van der Waals surface area contributed by atoms with Crippen molar-refractivity contribution in [2.45, 2.75) is 13.8 Å². The van der Waals surface area contributed by atoms with Gasteiger partial charge < -0.3 is 19.7 Å². The van der Waals surface area contributed by atoms with Gasteiger partial charge in [-0.1, -0.05) is 25.4 Å². The van der Waals surface area contributed by atoms with Gasteiger partial charge in [-0.05, 0) is 36.9 Å². The van der Waals surface area contributed by atoms with Gasteiger partial charge in [0.1, 0.15) is 0 Å². The Morgan fingerprint density at radius 2 is 1.96 bits per heavy atom. The van der Waals surface area contributed by atoms with Crippen molar-refractivity contribution >= 4 is 23.6 Å². The van der Waals surface area contributed by atoms with Crippen LogP contribution >= 0.6 is 11.6 Å². The van der Waals surface area contributed by atoms with E-state index >= 15 is 0 Å². The third kappa shape index (κ3) is 6.12. The molecule has 0 saturated heterocycles. The maximum absolute atomic E-state index is 11.8. The summed E-state index contributed by atoms with van der Waals surface area (Å²) in [6, 6.07) is 3.49. The van der Waals surface area contributed by atoms with E-state index in [1.807, 2.05) is 0 Å². The molecule has 0 aliphatic heterocycles. The van der Waals surface area contributed by atoms with E-state index in [0.29, 0.717) is 23.1 Å². The number of hydrogen-bond donors (Lipinski definition) is 1. The molecular formula is C17H25ClN2O3. The van der Waals surface area contributed by atoms with Crippen molar-refractivity contribution < 1.29 is 14.3 Å². The Labute approximate surface area is 143 Å². The summed E-state index contributed by atoms with van der Waals surface area (Å²) in [6.45, 7) is 7.63. The van der Waals surface area contributed by atoms with Crippen molar-refractivity contribution in [3.63, 3.8) is 0 Å². The molecule has 23 heavy (non-hydrogen) atoms. The van der Waals surface area contributed by atoms with Crippen LogP contribution in [-0.4, -0.2) is 51.2 Å². The molecule has 0 aliphatic rings. The summed E-state index contributed by atoms with van der Waals surface area (Å²) in [5, 5.41) is 3.30. The molecule has 1 aromatic carbocycles. The van der Waals surface area contributed by atoms with Crippen molar-refractivity contribution in [1.82, 2.24) is 10.2 Å². The Morgan fingerprint density at radius 3 is 2.52 bits per heavy atom. The van der Waals surface area contributed by atoms with Crippen molar-refractivity contribution in [2.24, 2.45) is 0 Å². The highest BCUT2D eigenvalue weighted by atomic mass is 35.5. The Hall–Kier alpha value is -1.72. The minimum atomic E-state index is -0.136. The van der Waals surface area contributed by atoms with E-state index < -0.39 is 0 Å². The second kappa shape index (κ2) is 10.1. The number of carbonyl (C=O) groups excluding carboxylic acids is 1. The second-order valence-corrected chi connectivity index (χ2v) is 5.30. The van der Waals surface area contributed by atoms with Crippen LogP contribution in [0.25, 0.3) is 6.08 Å². The predicted octanol–water partition coefficient (Wildman–Crippen LogP) is 2.83. The van der Waals surface area contributed by atoms with Crippen molar-refractivity contribution in [2.75, 3.05) is 40.4 Å². The number of ether oxygens (including phenoxy) is 2. The van der Waals surface area contributed by atoms with Crippen LogP contribution in [0.1, 0.15) is 19.4 Å². The average molecular weight is 341 g/mol. The van der Waals surface area contributed by atoms with Crippen LogP contribution in [0.5, 0.6) is 11.5 Å². The van der Waals surface area contributed by atoms with Gasteiger partial charge in [0.2, 0.25) is 5.91 Å². The molecule has 0 bridgehead atoms. The Morgan fingerprint density at radius 1 is 1.26 bits per heavy atom. The second-order valence-electron chi connectivity index (χ2n) is 4.89. The molecule has 5 nitrogen and oxygen atoms in total. The Bertz CT molecular complexity index is 543. The summed E-state index contributed by atoms with van der Waals surface area (Å²) in [7, 11) is 3.07. The van der Waals surface area contributed by atoms with Gasteiger partial charge in [0.05, 0.1) is 19.2 Å². The van der Waals surface area contributed by atoms with Crippen LogP contribution in [-0.2, 0) is 4.79 Å². The van der Waals surface area contributed by atoms with Crippen LogP contribution in [0.2, 0.25) is 5.02 Å². The molecule has 128 valence electrons. The third-order valence-corrected chi connectivity index (χ3v) is 3.79. The molecule has 0 aromatic heterocycles. The predicted molar refractivity (Wildman–Crippen MR) is 94.4 cm³/mol. The first-order valence-electron chi connectivity index (χ1n) is 7.65. The largest absolute Gasteiger partial charge is 0.493 e. The van der Waals surface area contributed by atoms with Gasteiger partial charge in [-0.15, -0.1) is 0 Å². The van der Waals surface area contributed by atoms with E-state index in [1.54, 1.807) is 25.3 Å². The molecule has 6 heteroatoms. The Kier molecular flexibility index (Phi) is 8.51. The molecule has 0 aliphatic carbocycles. The van der Waals surface area contributed by atoms with E-state index in [-0.39, 0.29) is 5.91 Å². The number of amides is 1. The number of halogens is 1. The van der Waals surface area contributed by atoms with Crippen LogP contribution in [0, 0.1) is 0 Å². The van der Waals surface area contributed by atoms with Crippen molar-refractivity contribution in [3.8, 4) is 11.5 Å². The van der Waals surface area contributed by atoms with E-state index in [2.05, 4.69) is 24.1 Å². The molecule has 0 fully saturated rings. The number of likely N-dealkylation sites (N-methyl/N-ethyl adjacent to an activating group) is 1. The summed E-state index contributed by atoms with van der Waals surface area (Å²) in [5.74, 6) is 0.875. The normalized spacial score (nSPS) is 11.0. The standard InChI is InChI=1S/C17H25ClN2O3/c1-5-20(6-2)10-9-19-16(21)8-7-13-11-14(18)17(23-4)15(12-13)22-3/h7-8,11-12H,5-6,9-10H2,1-4H3,(H,19,21). The lowest BCUT2D eigenvalue weighted by molar-refractivity contribution is -0.116. The smallest absolute Gasteiger partial charge is 0.244 e. The van der Waals surface area contributed by atoms with Crippen molar-refractivity contribution in [1.29, 1.82) is 0 Å². The highest BCUT2D eigenvalue weighted by Crippen LogP contribution is 2.36. The summed E-state index contributed by atoms with van der Waals surface area (Å²) in [6.07, 6.45) is 3.18. The van der Waals surface area contributed by atoms with E-state index in [1.165, 1.54) is 13.2 Å². The lowest BCUT2D eigenvalue weighted by atomic mass is 10.2. The fourth-order valence-electron chi connectivity index (χ4n) is 2.14. The maximum Gasteiger partial charge on any atom is 0.244 e. The number of nitrogens with zero attached hydrogens (tertiary/aromatic N) is 1. The first kappa shape index (κ1) is 19.3. The van der Waals surface area contributed by atoms with Crippen LogP contribution in [0.4, 0.5) is 0 Å². The zero-order valence-corrected chi connectivity index (χ0v) is 14.9. The van der Waals surface area contributed by atoms with Gasteiger partial charge in [-0.2, -0.15) is 0 Å². The maximum atomic E-state index is 11.8. The van der Waals surface area contributed by atoms with E-state index in [4.69, 9.17) is 21.1 Å². The van der Waals surface area contributed by atoms with Gasteiger partial charge in [0.15, 0.2) is 11.5 Å². The quantitative estimate of drug-likeness (QED) is 0.702. The fraction of sp³-hybridized carbons (Fsp3) is 0.471. The molecular weight excluding hydrogens is 316 g/mol. The molecule has 0 saturated carbocycles. The zero-order valence-electron chi connectivity index (χ0n) is 14.2. The first-order chi connectivity index (χ1) is 11.0. The molecule has 1 amide bonds. The molecule has 0 heterocycles. The molecule has 1 rings (SSSR count). The molecule has 0 atom stereocenters. The minimum absolute atomic E-state index is 0.136. The number of benzene rings is 1. The zero-order chi connectivity index (χ0) is 17.2. The van der Waals surface area contributed by atoms with Gasteiger partial charge in [-0.25, -0.2) is 0 Å². The number of rotatable bonds is 9. The summed E-state index contributed by atoms with van der Waals surface area (Å²) >= 11 is 6.13. The van der Waals surface area contributed by atoms with Crippen LogP contribution in [0.3, 0.4) is 0 Å². The fourth-order valence-corrected chi connectivity index (χ4v) is 2.44. The summed E-state index contributed by atoms with van der Waals surface area (Å²) < 4.78 is 10.4. The molecule has 0 radical (unpaired) electrons. The Balaban J connectivity index is 2.63. The summed E-state index contributed by atoms with van der Waals surface area (Å²) in [5.41, 5.74) is 0.770. The third-order valence-electron chi connectivity index (χ3n) is 3.50. The van der Waals surface area contributed by atoms with E-state index in [9.17, 15) is 4.79 Å². The number of methoxy groups -OCH3 is 2. The highest BCUT2D eigenvalue weighted by Gasteiger charge is 2.09. The first-order valence-corrected chi connectivity index (χ1v) is 8.03. The molecule has 1 N–H and O–H groups in total. The van der Waals surface area contributed by atoms with Crippen molar-refractivity contribution in [3.05, 3.63) is 28.8 Å². The molecule has 0 unspecified atom stereocenters. The molecule has 0 spiro atoms. The minimum Gasteiger partial charge on any atom is -0.493 e. The number of carbonyl (C=O) groups is 1. The number of hydrogen-bond acceptors (Lipinski definition) is 4. The van der Waals surface area contributed by atoms with Gasteiger partial charge in [0.25, 0.3) is 0 Å². The van der Waals surface area contributed by atoms with Gasteiger partial charge >= 0.3 is 0 Å². The topological polar surface area (TPSA) is 50.8 Å². The van der Waals surface area contributed by atoms with E-state index in [0.717, 1.165) is 25.2 Å². The number of nitrogens with one attached hydrogen (secondary N) is 1. The summed E-state index contributed by atoms with van der Waals surface area (Å²) in [4.78, 5) is 14.1. The van der Waals surface area contributed by atoms with Gasteiger partial charge in [-0.3, -0.25) is 4.79 Å². The SMILES string of the molecule is CCN(CC)CCNC(=O)C=Cc1cc(Cl)c(OC)c(OC)c1.